The largest absolute Gasteiger partial charge is 1.00 e. The van der Waals surface area contributed by atoms with Crippen LogP contribution in [0.15, 0.2) is 93.9 Å². The van der Waals surface area contributed by atoms with E-state index in [0.717, 1.165) is 0 Å². The molecule has 0 aliphatic heterocycles. The van der Waals surface area contributed by atoms with Gasteiger partial charge in [-0.1, -0.05) is 86.3 Å². The molecule has 0 saturated heterocycles. The molecule has 0 aliphatic carbocycles. The first-order valence-electron chi connectivity index (χ1n) is 10.4. The first-order valence-corrected chi connectivity index (χ1v) is 13.8. The number of rotatable bonds is 4. The molecule has 2 nitrogen and oxygen atoms in total. The Morgan fingerprint density at radius 1 is 0.742 bits per heavy atom. The van der Waals surface area contributed by atoms with Crippen LogP contribution in [0.1, 0.15) is 41.5 Å². The van der Waals surface area contributed by atoms with Crippen LogP contribution in [0.3, 0.4) is 0 Å². The predicted molar refractivity (Wildman–Crippen MR) is 131 cm³/mol. The van der Waals surface area contributed by atoms with Gasteiger partial charge in [0.1, 0.15) is 0 Å². The Balaban J connectivity index is 0.00000341. The molecule has 1 atom stereocenters. The maximum absolute atomic E-state index is 14.9. The van der Waals surface area contributed by atoms with Crippen molar-refractivity contribution in [2.75, 3.05) is 0 Å². The molecule has 0 aliphatic rings. The molecule has 3 aromatic rings. The van der Waals surface area contributed by atoms with Gasteiger partial charge < -0.3 is 0 Å². The Labute approximate surface area is 202 Å². The van der Waals surface area contributed by atoms with E-state index in [1.165, 1.54) is 10.4 Å². The third-order valence-electron chi connectivity index (χ3n) is 5.54. The maximum atomic E-state index is 14.9. The molecule has 0 spiro atoms. The van der Waals surface area contributed by atoms with Gasteiger partial charge in [0.15, 0.2) is 0 Å². The second-order valence-electron chi connectivity index (χ2n) is 9.65. The van der Waals surface area contributed by atoms with Crippen LogP contribution >= 0.6 is 0 Å². The van der Waals surface area contributed by atoms with Crippen LogP contribution in [0, 0.1) is 6.07 Å². The monoisotopic (exact) mass is 441 g/mol. The molecule has 31 heavy (non-hydrogen) atoms. The van der Waals surface area contributed by atoms with E-state index in [1.807, 2.05) is 57.2 Å². The predicted octanol–water partition coefficient (Wildman–Crippen LogP) is 2.68. The number of benzene rings is 3. The van der Waals surface area contributed by atoms with Crippen molar-refractivity contribution in [2.45, 2.75) is 56.2 Å². The van der Waals surface area contributed by atoms with Crippen LogP contribution in [0.4, 0.5) is 0 Å². The van der Waals surface area contributed by atoms with Crippen LogP contribution in [0.2, 0.25) is 5.04 Å². The Morgan fingerprint density at radius 2 is 1.19 bits per heavy atom. The zero-order valence-corrected chi connectivity index (χ0v) is 21.7. The summed E-state index contributed by atoms with van der Waals surface area (Å²) in [4.78, 5) is 0.686. The molecule has 0 radical (unpaired) electrons. The van der Waals surface area contributed by atoms with E-state index in [-0.39, 0.29) is 23.9 Å². The number of hydrogen-bond donors (Lipinski definition) is 0. The van der Waals surface area contributed by atoms with Gasteiger partial charge in [0.05, 0.1) is 0 Å². The van der Waals surface area contributed by atoms with Crippen LogP contribution in [0.5, 0.6) is 0 Å². The topological polar surface area (TPSA) is 29.4 Å². The normalized spacial score (nSPS) is 14.3. The third-order valence-corrected chi connectivity index (χ3v) is 14.7. The van der Waals surface area contributed by atoms with Gasteiger partial charge in [-0.25, -0.2) is 4.21 Å². The first-order chi connectivity index (χ1) is 14.0. The van der Waals surface area contributed by atoms with E-state index < -0.39 is 22.7 Å². The van der Waals surface area contributed by atoms with Crippen LogP contribution < -0.4 is 29.2 Å². The molecule has 0 N–H and O–H groups in total. The van der Waals surface area contributed by atoms with E-state index in [4.69, 9.17) is 4.03 Å². The minimum atomic E-state index is -2.85. The first kappa shape index (κ1) is 25.7. The van der Waals surface area contributed by atoms with Crippen molar-refractivity contribution in [3.8, 4) is 0 Å². The molecule has 3 aromatic carbocycles. The summed E-state index contributed by atoms with van der Waals surface area (Å²) >= 11 is 0. The molecule has 0 heterocycles. The fraction of sp³-hybridized carbons (Fsp3) is 0.308. The molecular formula is C26H32LiNOSSi. The molecule has 3 rings (SSSR count). The van der Waals surface area contributed by atoms with E-state index >= 15 is 0 Å². The van der Waals surface area contributed by atoms with Crippen molar-refractivity contribution in [2.24, 2.45) is 4.03 Å². The smallest absolute Gasteiger partial charge is 0.263 e. The molecule has 5 heteroatoms. The van der Waals surface area contributed by atoms with E-state index in [1.54, 1.807) is 0 Å². The fourth-order valence-corrected chi connectivity index (χ4v) is 13.4. The Bertz CT molecular complexity index is 1060. The second-order valence-corrected chi connectivity index (χ2v) is 17.2. The van der Waals surface area contributed by atoms with Gasteiger partial charge in [-0.15, -0.1) is 0 Å². The van der Waals surface area contributed by atoms with E-state index in [0.29, 0.717) is 4.90 Å². The summed E-state index contributed by atoms with van der Waals surface area (Å²) in [6, 6.07) is 31.8. The van der Waals surface area contributed by atoms with Crippen LogP contribution in [-0.2, 0) is 9.73 Å². The minimum absolute atomic E-state index is 0. The van der Waals surface area contributed by atoms with Crippen LogP contribution in [-0.4, -0.2) is 17.2 Å². The Kier molecular flexibility index (Phi) is 7.87. The maximum Gasteiger partial charge on any atom is 1.00 e. The summed E-state index contributed by atoms with van der Waals surface area (Å²) in [7, 11) is -5.64. The molecule has 0 bridgehead atoms. The van der Waals surface area contributed by atoms with E-state index in [2.05, 4.69) is 75.4 Å². The van der Waals surface area contributed by atoms with Gasteiger partial charge in [-0.2, -0.15) is 30.3 Å². The van der Waals surface area contributed by atoms with Gasteiger partial charge in [-0.3, -0.25) is 4.03 Å². The van der Waals surface area contributed by atoms with Crippen molar-refractivity contribution in [3.63, 3.8) is 0 Å². The molecule has 0 saturated carbocycles. The van der Waals surface area contributed by atoms with Crippen molar-refractivity contribution in [3.05, 3.63) is 91.0 Å². The average Bonchev–Trinajstić information content (AvgIpc) is 2.72. The van der Waals surface area contributed by atoms with Gasteiger partial charge in [0.25, 0.3) is 8.24 Å². The summed E-state index contributed by atoms with van der Waals surface area (Å²) < 4.78 is 19.8. The molecule has 0 unspecified atom stereocenters. The zero-order valence-electron chi connectivity index (χ0n) is 19.8. The minimum Gasteiger partial charge on any atom is -0.263 e. The average molecular weight is 442 g/mol. The summed E-state index contributed by atoms with van der Waals surface area (Å²) in [6.07, 6.45) is 0. The van der Waals surface area contributed by atoms with Crippen molar-refractivity contribution in [1.82, 2.24) is 0 Å². The fourth-order valence-electron chi connectivity index (χ4n) is 3.89. The van der Waals surface area contributed by atoms with Crippen molar-refractivity contribution >= 4 is 28.3 Å². The van der Waals surface area contributed by atoms with E-state index in [9.17, 15) is 4.21 Å². The van der Waals surface area contributed by atoms with Crippen molar-refractivity contribution in [1.29, 1.82) is 0 Å². The molecule has 0 fully saturated rings. The third kappa shape index (κ3) is 4.78. The number of hydrogen-bond acceptors (Lipinski definition) is 2. The van der Waals surface area contributed by atoms with Gasteiger partial charge in [0.2, 0.25) is 0 Å². The van der Waals surface area contributed by atoms with Gasteiger partial charge in [0, 0.05) is 14.5 Å². The number of nitrogens with zero attached hydrogens (tertiary/aromatic N) is 1. The Morgan fingerprint density at radius 3 is 1.55 bits per heavy atom. The van der Waals surface area contributed by atoms with Crippen LogP contribution in [0.25, 0.3) is 0 Å². The molecule has 0 amide bonds. The van der Waals surface area contributed by atoms with Gasteiger partial charge >= 0.3 is 18.9 Å². The zero-order chi connectivity index (χ0) is 22.0. The quantitative estimate of drug-likeness (QED) is 0.452. The molecule has 0 aromatic heterocycles. The summed E-state index contributed by atoms with van der Waals surface area (Å²) in [5.41, 5.74) is 0. The summed E-state index contributed by atoms with van der Waals surface area (Å²) in [5, 5.41) is 2.16. The standard InChI is InChI=1S/C26H32NOSSi.Li/c1-25(2,3)29(28,22-16-10-7-11-17-22)27-30(26(4,5)6,23-18-12-8-13-19-23)24-20-14-9-15-21-24;/h7-16,18-21H,1-6H3;/q-1;+1/t29-;/m0./s1. The Hall–Kier alpha value is -1.58. The molecular weight excluding hydrogens is 409 g/mol. The summed E-state index contributed by atoms with van der Waals surface area (Å²) in [6.45, 7) is 12.8. The van der Waals surface area contributed by atoms with Crippen molar-refractivity contribution < 1.29 is 23.1 Å². The molecule has 158 valence electrons. The SMILES string of the molecule is CC(C)(C)[Si](N=[S@](=O)(c1[c-]cccc1)C(C)(C)C)(c1ccccc1)c1ccccc1.[Li+]. The van der Waals surface area contributed by atoms with Gasteiger partial charge in [-0.05, 0) is 36.2 Å². The summed E-state index contributed by atoms with van der Waals surface area (Å²) in [5.74, 6) is 0. The second kappa shape index (κ2) is 9.51.